The smallest absolute Gasteiger partial charge is 0.240 e. The number of thiophene rings is 1. The van der Waals surface area contributed by atoms with Gasteiger partial charge in [-0.1, -0.05) is 30.3 Å². The van der Waals surface area contributed by atoms with E-state index in [2.05, 4.69) is 50.7 Å². The summed E-state index contributed by atoms with van der Waals surface area (Å²) in [5.41, 5.74) is 5.96. The summed E-state index contributed by atoms with van der Waals surface area (Å²) >= 11 is 1.65. The minimum absolute atomic E-state index is 0.0101. The molecule has 152 valence electrons. The van der Waals surface area contributed by atoms with Crippen molar-refractivity contribution in [3.05, 3.63) is 87.1 Å². The number of nitrogens with one attached hydrogen (secondary N) is 1. The van der Waals surface area contributed by atoms with Crippen molar-refractivity contribution < 1.29 is 8.42 Å². The Morgan fingerprint density at radius 3 is 2.59 bits per heavy atom. The molecule has 0 bridgehead atoms. The number of rotatable bonds is 6. The van der Waals surface area contributed by atoms with E-state index in [0.717, 1.165) is 36.2 Å². The number of fused-ring (bicyclic) bond motifs is 1. The first kappa shape index (κ1) is 20.3. The Kier molecular flexibility index (Phi) is 5.88. The molecule has 0 aliphatic carbocycles. The van der Waals surface area contributed by atoms with Crippen molar-refractivity contribution >= 4 is 21.4 Å². The molecule has 0 spiro atoms. The van der Waals surface area contributed by atoms with Gasteiger partial charge in [-0.2, -0.15) is 11.3 Å². The molecule has 1 unspecified atom stereocenters. The van der Waals surface area contributed by atoms with Gasteiger partial charge in [0.25, 0.3) is 0 Å². The summed E-state index contributed by atoms with van der Waals surface area (Å²) in [6.07, 6.45) is 0.987. The highest BCUT2D eigenvalue weighted by Gasteiger charge is 2.27. The van der Waals surface area contributed by atoms with Crippen molar-refractivity contribution in [3.63, 3.8) is 0 Å². The normalized spacial score (nSPS) is 15.8. The van der Waals surface area contributed by atoms with Crippen LogP contribution in [-0.2, 0) is 23.0 Å². The summed E-state index contributed by atoms with van der Waals surface area (Å²) in [5, 5.41) is 4.17. The fourth-order valence-corrected chi connectivity index (χ4v) is 5.69. The third-order valence-electron chi connectivity index (χ3n) is 5.78. The zero-order chi connectivity index (χ0) is 20.4. The van der Waals surface area contributed by atoms with Crippen molar-refractivity contribution in [2.75, 3.05) is 13.1 Å². The van der Waals surface area contributed by atoms with Gasteiger partial charge in [-0.25, -0.2) is 13.1 Å². The summed E-state index contributed by atoms with van der Waals surface area (Å²) in [6, 6.07) is 15.9. The second-order valence-electron chi connectivity index (χ2n) is 7.66. The Morgan fingerprint density at radius 2 is 1.86 bits per heavy atom. The van der Waals surface area contributed by atoms with E-state index in [1.807, 2.05) is 19.9 Å². The fourth-order valence-electron chi connectivity index (χ4n) is 3.86. The minimum atomic E-state index is -3.56. The molecule has 4 nitrogen and oxygen atoms in total. The Balaban J connectivity index is 1.55. The largest absolute Gasteiger partial charge is 0.290 e. The van der Waals surface area contributed by atoms with Gasteiger partial charge in [0, 0.05) is 25.7 Å². The zero-order valence-corrected chi connectivity index (χ0v) is 18.4. The molecule has 4 rings (SSSR count). The van der Waals surface area contributed by atoms with Crippen LogP contribution in [0.5, 0.6) is 0 Å². The summed E-state index contributed by atoms with van der Waals surface area (Å²) in [4.78, 5) is 2.71. The molecular formula is C23H26N2O2S2. The van der Waals surface area contributed by atoms with Crippen LogP contribution in [0.3, 0.4) is 0 Å². The van der Waals surface area contributed by atoms with E-state index in [4.69, 9.17) is 0 Å². The predicted octanol–water partition coefficient (Wildman–Crippen LogP) is 4.44. The predicted molar refractivity (Wildman–Crippen MR) is 119 cm³/mol. The van der Waals surface area contributed by atoms with Gasteiger partial charge < -0.3 is 0 Å². The van der Waals surface area contributed by atoms with Crippen LogP contribution in [-0.4, -0.2) is 26.4 Å². The van der Waals surface area contributed by atoms with Crippen LogP contribution < -0.4 is 4.72 Å². The van der Waals surface area contributed by atoms with E-state index >= 15 is 0 Å². The van der Waals surface area contributed by atoms with Crippen LogP contribution in [0.25, 0.3) is 0 Å². The van der Waals surface area contributed by atoms with Gasteiger partial charge in [-0.3, -0.25) is 4.90 Å². The minimum Gasteiger partial charge on any atom is -0.290 e. The Hall–Kier alpha value is -1.99. The summed E-state index contributed by atoms with van der Waals surface area (Å²) < 4.78 is 28.7. The van der Waals surface area contributed by atoms with Crippen LogP contribution in [0.2, 0.25) is 0 Å². The van der Waals surface area contributed by atoms with E-state index in [0.29, 0.717) is 11.4 Å². The second-order valence-corrected chi connectivity index (χ2v) is 10.2. The molecule has 29 heavy (non-hydrogen) atoms. The van der Waals surface area contributed by atoms with E-state index in [1.54, 1.807) is 23.5 Å². The number of benzene rings is 2. The van der Waals surface area contributed by atoms with Crippen molar-refractivity contribution in [1.82, 2.24) is 9.62 Å². The average Bonchev–Trinajstić information content (AvgIpc) is 3.24. The van der Waals surface area contributed by atoms with Crippen molar-refractivity contribution in [2.45, 2.75) is 37.8 Å². The SMILES string of the molecule is Cc1ccc(S(=O)(=O)NCC(c2ccsc2)N2CCc3ccccc3C2)cc1C. The van der Waals surface area contributed by atoms with Gasteiger partial charge in [0.15, 0.2) is 0 Å². The van der Waals surface area contributed by atoms with Crippen LogP contribution in [0.15, 0.2) is 64.2 Å². The van der Waals surface area contributed by atoms with Gasteiger partial charge in [0.05, 0.1) is 4.90 Å². The van der Waals surface area contributed by atoms with E-state index in [-0.39, 0.29) is 6.04 Å². The number of aryl methyl sites for hydroxylation is 2. The molecule has 0 fully saturated rings. The topological polar surface area (TPSA) is 49.4 Å². The number of nitrogens with zero attached hydrogens (tertiary/aromatic N) is 1. The highest BCUT2D eigenvalue weighted by molar-refractivity contribution is 7.89. The molecule has 3 aromatic rings. The van der Waals surface area contributed by atoms with Crippen LogP contribution >= 0.6 is 11.3 Å². The molecule has 0 radical (unpaired) electrons. The maximum Gasteiger partial charge on any atom is 0.240 e. The molecule has 1 aliphatic rings. The first-order chi connectivity index (χ1) is 13.9. The van der Waals surface area contributed by atoms with Crippen molar-refractivity contribution in [3.8, 4) is 0 Å². The molecule has 1 aliphatic heterocycles. The molecule has 6 heteroatoms. The van der Waals surface area contributed by atoms with E-state index < -0.39 is 10.0 Å². The number of hydrogen-bond acceptors (Lipinski definition) is 4. The highest BCUT2D eigenvalue weighted by atomic mass is 32.2. The molecular weight excluding hydrogens is 400 g/mol. The monoisotopic (exact) mass is 426 g/mol. The van der Waals surface area contributed by atoms with Gasteiger partial charge in [-0.15, -0.1) is 0 Å². The first-order valence-corrected chi connectivity index (χ1v) is 12.3. The molecule has 0 saturated heterocycles. The van der Waals surface area contributed by atoms with Gasteiger partial charge in [0.2, 0.25) is 10.0 Å². The lowest BCUT2D eigenvalue weighted by molar-refractivity contribution is 0.181. The van der Waals surface area contributed by atoms with Crippen LogP contribution in [0.4, 0.5) is 0 Å². The van der Waals surface area contributed by atoms with Gasteiger partial charge in [-0.05, 0) is 77.0 Å². The maximum atomic E-state index is 12.9. The molecule has 1 atom stereocenters. The molecule has 1 N–H and O–H groups in total. The third-order valence-corrected chi connectivity index (χ3v) is 7.91. The average molecular weight is 427 g/mol. The maximum absolute atomic E-state index is 12.9. The van der Waals surface area contributed by atoms with Crippen molar-refractivity contribution in [1.29, 1.82) is 0 Å². The van der Waals surface area contributed by atoms with E-state index in [9.17, 15) is 8.42 Å². The quantitative estimate of drug-likeness (QED) is 0.634. The number of hydrogen-bond donors (Lipinski definition) is 1. The van der Waals surface area contributed by atoms with Gasteiger partial charge >= 0.3 is 0 Å². The molecule has 0 saturated carbocycles. The van der Waals surface area contributed by atoms with Crippen molar-refractivity contribution in [2.24, 2.45) is 0 Å². The molecule has 0 amide bonds. The van der Waals surface area contributed by atoms with Crippen LogP contribution in [0, 0.1) is 13.8 Å². The highest BCUT2D eigenvalue weighted by Crippen LogP contribution is 2.29. The van der Waals surface area contributed by atoms with Crippen LogP contribution in [0.1, 0.15) is 33.9 Å². The molecule has 1 aromatic heterocycles. The fraction of sp³-hybridized carbons (Fsp3) is 0.304. The van der Waals surface area contributed by atoms with Gasteiger partial charge in [0.1, 0.15) is 0 Å². The lowest BCUT2D eigenvalue weighted by atomic mass is 9.97. The van der Waals surface area contributed by atoms with E-state index in [1.165, 1.54) is 11.1 Å². The lowest BCUT2D eigenvalue weighted by Crippen LogP contribution is -2.40. The summed E-state index contributed by atoms with van der Waals surface area (Å²) in [6.45, 7) is 6.03. The zero-order valence-electron chi connectivity index (χ0n) is 16.8. The second kappa shape index (κ2) is 8.40. The molecule has 2 aromatic carbocycles. The number of sulfonamides is 1. The standard InChI is InChI=1S/C23H26N2O2S2/c1-17-7-8-22(13-18(17)2)29(26,27)24-14-23(21-10-12-28-16-21)25-11-9-19-5-3-4-6-20(19)15-25/h3-8,10,12-13,16,23-24H,9,11,14-15H2,1-2H3. The molecule has 2 heterocycles. The Morgan fingerprint density at radius 1 is 1.07 bits per heavy atom. The lowest BCUT2D eigenvalue weighted by Gasteiger charge is -2.35. The summed E-state index contributed by atoms with van der Waals surface area (Å²) in [7, 11) is -3.56. The third kappa shape index (κ3) is 4.46. The Labute approximate surface area is 177 Å². The Bertz CT molecular complexity index is 1090. The summed E-state index contributed by atoms with van der Waals surface area (Å²) in [5.74, 6) is 0. The first-order valence-electron chi connectivity index (χ1n) is 9.84.